The van der Waals surface area contributed by atoms with Gasteiger partial charge in [0.05, 0.1) is 41.5 Å². The van der Waals surface area contributed by atoms with Crippen LogP contribution in [0.3, 0.4) is 0 Å². The van der Waals surface area contributed by atoms with Crippen LogP contribution in [0, 0.1) is 11.3 Å². The summed E-state index contributed by atoms with van der Waals surface area (Å²) in [5.74, 6) is -10.0. The summed E-state index contributed by atoms with van der Waals surface area (Å²) in [6, 6.07) is 51.0. The van der Waals surface area contributed by atoms with E-state index in [0.29, 0.717) is 65.0 Å². The topological polar surface area (TPSA) is 299 Å². The Morgan fingerprint density at radius 3 is 1.03 bits per heavy atom. The molecular weight excluding hydrogens is 1690 g/mol. The predicted molar refractivity (Wildman–Crippen MR) is 465 cm³/mol. The van der Waals surface area contributed by atoms with Crippen molar-refractivity contribution in [3.05, 3.63) is 301 Å². The highest BCUT2D eigenvalue weighted by atomic mass is 19.4. The first-order valence-electron chi connectivity index (χ1n) is 35.5. The van der Waals surface area contributed by atoms with E-state index in [1.165, 1.54) is 30.3 Å². The zero-order valence-electron chi connectivity index (χ0n) is 63.5. The third kappa shape index (κ3) is 34.6. The fraction of sp³-hybridized carbons (Fsp3) is 0.240. The van der Waals surface area contributed by atoms with Crippen LogP contribution in [0.4, 0.5) is 35.1 Å². The molecule has 10 rings (SSSR count). The zero-order chi connectivity index (χ0) is 86.9. The highest BCUT2D eigenvalue weighted by molar-refractivity contribution is 5.94. The molecule has 0 aliphatic heterocycles. The lowest BCUT2D eigenvalue weighted by atomic mass is 9.99. The van der Waals surface area contributed by atoms with Gasteiger partial charge < -0.3 is 71.1 Å². The molecule has 0 atom stereocenters. The largest absolute Gasteiger partial charge is 0.494 e. The first-order valence-corrected chi connectivity index (χ1v) is 35.5. The molecule has 0 unspecified atom stereocenters. The van der Waals surface area contributed by atoms with E-state index in [0.717, 1.165) is 101 Å². The van der Waals surface area contributed by atoms with Crippen molar-refractivity contribution in [3.63, 3.8) is 0 Å². The van der Waals surface area contributed by atoms with Gasteiger partial charge in [-0.05, 0) is 217 Å². The first kappa shape index (κ1) is 113. The molecule has 0 fully saturated rings. The molecular formula is C96H103F8NO23. The SMILES string of the molecule is C.C.C.C.C.C.C.C.C=C(F)C(=O)OCOc1ccc(OCOc2ccc(OC(=O)c3ccc(OCOC(=O)C(=C)F)cc3)c(C(F)(F)F)c2C(F)(F)F)cc1.C=CC(=O)OCCCCCCOc1ccc(-c2ccc(C#N)cc2)cc1.C=CC(=O)OCOc1ccc(C(=O)Oc2ccc3c(c2)C(C)c2cc(OC(=O)c4ccc(OCOC(=O)C=C)cc4)ccc2-3)cc1. The van der Waals surface area contributed by atoms with Gasteiger partial charge in [-0.25, -0.2) is 38.4 Å². The standard InChI is InChI=1S/C36H28O10.C30H20F8O10.C22H23NO3.8CH4/c1-4-33(37)43-20-41-25-10-6-23(7-11-25)35(39)45-27-14-16-29-30-17-15-28(19-32(30)22(3)31(29)18-27)46-36(40)24-8-12-26(13-9-24)42-21-44-34(38)5-2;1-16(31)26(39)46-14-43-19-5-3-18(4-6-19)28(41)48-23-12-11-22(24(29(33,34)35)25(23)30(36,37)38)45-13-42-20-7-9-21(10-8-20)44-15-47-27(40)17(2)32;1-2-22(24)26-16-6-4-3-5-15-25-21-13-11-20(12-14-21)19-9-7-18(17-23)8-10-19;;;;;;;;/h4-19,22H,1-2,20-21H2,3H3;3-12H,1-2,13-15H2;2,7-14H,1,3-6,15-16H2;8*1H4. The molecule has 0 heterocycles. The lowest BCUT2D eigenvalue weighted by Gasteiger charge is -2.22. The summed E-state index contributed by atoms with van der Waals surface area (Å²) in [4.78, 5) is 93.3. The number of fused-ring (bicyclic) bond motifs is 3. The van der Waals surface area contributed by atoms with E-state index in [-0.39, 0.29) is 102 Å². The van der Waals surface area contributed by atoms with Crippen molar-refractivity contribution in [1.29, 1.82) is 5.26 Å². The minimum absolute atomic E-state index is 0. The molecule has 128 heavy (non-hydrogen) atoms. The van der Waals surface area contributed by atoms with Gasteiger partial charge in [0, 0.05) is 24.1 Å². The number of unbranched alkanes of at least 4 members (excludes halogenated alkanes) is 3. The number of benzene rings is 9. The Labute approximate surface area is 739 Å². The monoisotopic (exact) mass is 1790 g/mol. The van der Waals surface area contributed by atoms with Crippen molar-refractivity contribution in [3.8, 4) is 85.8 Å². The van der Waals surface area contributed by atoms with Crippen LogP contribution in [-0.4, -0.2) is 94.9 Å². The van der Waals surface area contributed by atoms with Crippen LogP contribution < -0.4 is 47.4 Å². The maximum absolute atomic E-state index is 14.0. The molecule has 9 aromatic rings. The van der Waals surface area contributed by atoms with E-state index < -0.39 is 114 Å². The van der Waals surface area contributed by atoms with E-state index in [1.54, 1.807) is 60.7 Å². The summed E-state index contributed by atoms with van der Waals surface area (Å²) in [6.07, 6.45) is -4.23. The number of carbonyl (C=O) groups excluding carboxylic acids is 8. The molecule has 1 aliphatic carbocycles. The second kappa shape index (κ2) is 55.3. The molecule has 32 heteroatoms. The lowest BCUT2D eigenvalue weighted by Crippen LogP contribution is -2.22. The summed E-state index contributed by atoms with van der Waals surface area (Å²) < 4.78 is 185. The van der Waals surface area contributed by atoms with Crippen LogP contribution in [0.2, 0.25) is 0 Å². The molecule has 0 saturated heterocycles. The lowest BCUT2D eigenvalue weighted by molar-refractivity contribution is -0.164. The van der Waals surface area contributed by atoms with Gasteiger partial charge in [-0.2, -0.15) is 40.4 Å². The number of nitrogens with zero attached hydrogens (tertiary/aromatic N) is 1. The molecule has 0 aromatic heterocycles. The summed E-state index contributed by atoms with van der Waals surface area (Å²) in [5.41, 5.74) is 2.33. The van der Waals surface area contributed by atoms with E-state index in [1.807, 2.05) is 79.7 Å². The molecule has 686 valence electrons. The van der Waals surface area contributed by atoms with Crippen LogP contribution in [-0.2, 0) is 60.0 Å². The van der Waals surface area contributed by atoms with Gasteiger partial charge >= 0.3 is 60.1 Å². The summed E-state index contributed by atoms with van der Waals surface area (Å²) in [5, 5.41) is 8.84. The number of halogens is 8. The number of esters is 8. The van der Waals surface area contributed by atoms with Gasteiger partial charge in [-0.1, -0.05) is 136 Å². The third-order valence-electron chi connectivity index (χ3n) is 16.5. The average molecular weight is 1790 g/mol. The fourth-order valence-corrected chi connectivity index (χ4v) is 10.6. The van der Waals surface area contributed by atoms with Gasteiger partial charge in [0.2, 0.25) is 45.6 Å². The number of rotatable bonds is 36. The van der Waals surface area contributed by atoms with E-state index in [2.05, 4.69) is 48.4 Å². The Hall–Kier alpha value is -15.0. The second-order valence-electron chi connectivity index (χ2n) is 24.6. The Balaban J connectivity index is 0.00000190. The second-order valence-corrected chi connectivity index (χ2v) is 24.6. The first-order chi connectivity index (χ1) is 57.4. The van der Waals surface area contributed by atoms with Crippen molar-refractivity contribution < 1.29 is 145 Å². The minimum atomic E-state index is -5.69. The normalized spacial score (nSPS) is 10.3. The number of alkyl halides is 6. The van der Waals surface area contributed by atoms with Crippen molar-refractivity contribution in [2.45, 2.75) is 110 Å². The quantitative estimate of drug-likeness (QED) is 0.00670. The predicted octanol–water partition coefficient (Wildman–Crippen LogP) is 23.5. The van der Waals surface area contributed by atoms with Crippen LogP contribution in [0.5, 0.6) is 57.5 Å². The van der Waals surface area contributed by atoms with Gasteiger partial charge in [0.15, 0.2) is 0 Å². The Kier molecular flexibility index (Phi) is 48.8. The van der Waals surface area contributed by atoms with E-state index >= 15 is 0 Å². The minimum Gasteiger partial charge on any atom is -0.494 e. The Morgan fingerprint density at radius 2 is 0.664 bits per heavy atom. The highest BCUT2D eigenvalue weighted by Gasteiger charge is 2.49. The molecule has 9 aromatic carbocycles. The number of hydrogen-bond acceptors (Lipinski definition) is 24. The van der Waals surface area contributed by atoms with Crippen LogP contribution >= 0.6 is 0 Å². The van der Waals surface area contributed by atoms with Crippen LogP contribution in [0.15, 0.2) is 257 Å². The number of hydrogen-bond donors (Lipinski definition) is 0. The van der Waals surface area contributed by atoms with Gasteiger partial charge in [0.1, 0.15) is 68.6 Å². The molecule has 24 nitrogen and oxygen atoms in total. The number of carbonyl (C=O) groups is 8. The van der Waals surface area contributed by atoms with Crippen LogP contribution in [0.1, 0.15) is 157 Å². The average Bonchev–Trinajstić information content (AvgIpc) is 1.14. The summed E-state index contributed by atoms with van der Waals surface area (Å²) in [7, 11) is 0. The Morgan fingerprint density at radius 1 is 0.359 bits per heavy atom. The molecule has 0 N–H and O–H groups in total. The van der Waals surface area contributed by atoms with Gasteiger partial charge in [0.25, 0.3) is 0 Å². The molecule has 0 radical (unpaired) electrons. The van der Waals surface area contributed by atoms with Crippen molar-refractivity contribution in [2.24, 2.45) is 0 Å². The smallest absolute Gasteiger partial charge is 0.420 e. The molecule has 0 saturated carbocycles. The third-order valence-corrected chi connectivity index (χ3v) is 16.5. The van der Waals surface area contributed by atoms with Crippen LogP contribution in [0.25, 0.3) is 22.3 Å². The number of ether oxygens (including phenoxy) is 15. The summed E-state index contributed by atoms with van der Waals surface area (Å²) in [6.45, 7) is 15.6. The Bertz CT molecular complexity index is 5070. The van der Waals surface area contributed by atoms with Crippen molar-refractivity contribution in [2.75, 3.05) is 47.2 Å². The van der Waals surface area contributed by atoms with E-state index in [9.17, 15) is 73.5 Å². The molecule has 0 spiro atoms. The number of nitriles is 1. The maximum atomic E-state index is 14.0. The zero-order valence-corrected chi connectivity index (χ0v) is 63.5. The fourth-order valence-electron chi connectivity index (χ4n) is 10.6. The van der Waals surface area contributed by atoms with Gasteiger partial charge in [-0.3, -0.25) is 0 Å². The maximum Gasteiger partial charge on any atom is 0.420 e. The van der Waals surface area contributed by atoms with E-state index in [4.69, 9.17) is 66.8 Å². The molecule has 1 aliphatic rings. The summed E-state index contributed by atoms with van der Waals surface area (Å²) >= 11 is 0. The van der Waals surface area contributed by atoms with Crippen molar-refractivity contribution in [1.82, 2.24) is 0 Å². The van der Waals surface area contributed by atoms with Gasteiger partial charge in [-0.15, -0.1) is 0 Å². The van der Waals surface area contributed by atoms with Crippen molar-refractivity contribution >= 4 is 47.8 Å². The molecule has 0 bridgehead atoms. The highest BCUT2D eigenvalue weighted by Crippen LogP contribution is 2.50. The molecule has 0 amide bonds.